The van der Waals surface area contributed by atoms with Crippen molar-refractivity contribution < 1.29 is 9.59 Å². The molecule has 0 aliphatic carbocycles. The third-order valence-electron chi connectivity index (χ3n) is 1.86. The molecule has 14 heavy (non-hydrogen) atoms. The minimum Gasteiger partial charge on any atom is -0.358 e. The van der Waals surface area contributed by atoms with Gasteiger partial charge in [0, 0.05) is 26.4 Å². The third-order valence-corrected chi connectivity index (χ3v) is 2.13. The van der Waals surface area contributed by atoms with E-state index >= 15 is 0 Å². The van der Waals surface area contributed by atoms with Crippen molar-refractivity contribution in [2.45, 2.75) is 19.3 Å². The zero-order valence-corrected chi connectivity index (χ0v) is 9.43. The van der Waals surface area contributed by atoms with Crippen LogP contribution in [0.3, 0.4) is 0 Å². The van der Waals surface area contributed by atoms with Gasteiger partial charge < -0.3 is 10.2 Å². The number of unbranched alkanes of at least 4 members (excludes halogenated alkanes) is 1. The summed E-state index contributed by atoms with van der Waals surface area (Å²) in [6.07, 6.45) is 2.07. The molecule has 0 heterocycles. The first-order valence-electron chi connectivity index (χ1n) is 4.62. The number of nitrogens with zero attached hydrogens (tertiary/aromatic N) is 1. The van der Waals surface area contributed by atoms with Crippen LogP contribution in [0.2, 0.25) is 0 Å². The molecule has 0 saturated heterocycles. The summed E-state index contributed by atoms with van der Waals surface area (Å²) in [7, 11) is 3.17. The molecule has 0 atom stereocenters. The molecule has 2 amide bonds. The van der Waals surface area contributed by atoms with Gasteiger partial charge in [0.05, 0.1) is 6.54 Å². The van der Waals surface area contributed by atoms with E-state index in [1.165, 1.54) is 4.90 Å². The number of halogens is 1. The molecule has 0 aromatic carbocycles. The second kappa shape index (κ2) is 7.62. The molecule has 82 valence electrons. The minimum absolute atomic E-state index is 0.0151. The lowest BCUT2D eigenvalue weighted by Crippen LogP contribution is -2.36. The summed E-state index contributed by atoms with van der Waals surface area (Å²) in [5.41, 5.74) is 0. The predicted molar refractivity (Wildman–Crippen MR) is 56.3 cm³/mol. The lowest BCUT2D eigenvalue weighted by atomic mass is 10.2. The van der Waals surface area contributed by atoms with Crippen molar-refractivity contribution in [2.75, 3.05) is 26.5 Å². The van der Waals surface area contributed by atoms with Crippen molar-refractivity contribution >= 4 is 23.4 Å². The Balaban J connectivity index is 3.70. The molecule has 0 aliphatic rings. The fourth-order valence-electron chi connectivity index (χ4n) is 0.944. The van der Waals surface area contributed by atoms with Crippen molar-refractivity contribution in [1.29, 1.82) is 0 Å². The average molecular weight is 221 g/mol. The molecule has 0 rings (SSSR count). The molecule has 0 bridgehead atoms. The third kappa shape index (κ3) is 5.80. The zero-order valence-electron chi connectivity index (χ0n) is 8.68. The van der Waals surface area contributed by atoms with Gasteiger partial charge in [0.2, 0.25) is 11.8 Å². The molecule has 0 saturated carbocycles. The topological polar surface area (TPSA) is 49.4 Å². The normalized spacial score (nSPS) is 9.64. The maximum atomic E-state index is 11.4. The molecule has 5 heteroatoms. The number of nitrogens with one attached hydrogen (secondary N) is 1. The second-order valence-corrected chi connectivity index (χ2v) is 3.45. The van der Waals surface area contributed by atoms with Crippen LogP contribution in [0.1, 0.15) is 19.3 Å². The van der Waals surface area contributed by atoms with Gasteiger partial charge in [-0.15, -0.1) is 11.6 Å². The highest BCUT2D eigenvalue weighted by Crippen LogP contribution is 2.00. The number of hydrogen-bond acceptors (Lipinski definition) is 2. The van der Waals surface area contributed by atoms with Crippen LogP contribution in [-0.4, -0.2) is 43.2 Å². The number of alkyl halides is 1. The molecule has 0 radical (unpaired) electrons. The van der Waals surface area contributed by atoms with E-state index in [2.05, 4.69) is 5.32 Å². The fourth-order valence-corrected chi connectivity index (χ4v) is 1.13. The molecule has 0 aliphatic heterocycles. The highest BCUT2D eigenvalue weighted by atomic mass is 35.5. The number of carbonyl (C=O) groups is 2. The molecule has 4 nitrogen and oxygen atoms in total. The zero-order chi connectivity index (χ0) is 11.0. The number of likely N-dealkylation sites (N-methyl/N-ethyl adjacent to an activating group) is 2. The standard InChI is InChI=1S/C9H17ClN2O2/c1-11-8(13)7-12(2)9(14)5-3-4-6-10/h3-7H2,1-2H3,(H,11,13). The summed E-state index contributed by atoms with van der Waals surface area (Å²) in [6.45, 7) is 0.121. The molecular formula is C9H17ClN2O2. The quantitative estimate of drug-likeness (QED) is 0.527. The Bertz CT molecular complexity index is 197. The maximum Gasteiger partial charge on any atom is 0.239 e. The van der Waals surface area contributed by atoms with E-state index in [1.54, 1.807) is 14.1 Å². The highest BCUT2D eigenvalue weighted by molar-refractivity contribution is 6.17. The Morgan fingerprint density at radius 1 is 1.36 bits per heavy atom. The monoisotopic (exact) mass is 220 g/mol. The van der Waals surface area contributed by atoms with Gasteiger partial charge in [0.15, 0.2) is 0 Å². The van der Waals surface area contributed by atoms with Crippen LogP contribution in [0, 0.1) is 0 Å². The first-order chi connectivity index (χ1) is 6.61. The number of carbonyl (C=O) groups excluding carboxylic acids is 2. The summed E-state index contributed by atoms with van der Waals surface area (Å²) in [5.74, 6) is 0.406. The summed E-state index contributed by atoms with van der Waals surface area (Å²) in [6, 6.07) is 0. The van der Waals surface area contributed by atoms with Crippen molar-refractivity contribution in [1.82, 2.24) is 10.2 Å². The van der Waals surface area contributed by atoms with Crippen molar-refractivity contribution in [2.24, 2.45) is 0 Å². The van der Waals surface area contributed by atoms with Gasteiger partial charge in [-0.25, -0.2) is 0 Å². The number of amides is 2. The minimum atomic E-state index is -0.154. The smallest absolute Gasteiger partial charge is 0.239 e. The van der Waals surface area contributed by atoms with E-state index in [0.29, 0.717) is 12.3 Å². The summed E-state index contributed by atoms with van der Waals surface area (Å²) >= 11 is 5.48. The molecule has 0 aromatic rings. The summed E-state index contributed by atoms with van der Waals surface area (Å²) < 4.78 is 0. The summed E-state index contributed by atoms with van der Waals surface area (Å²) in [5, 5.41) is 2.46. The van der Waals surface area contributed by atoms with Gasteiger partial charge >= 0.3 is 0 Å². The van der Waals surface area contributed by atoms with Gasteiger partial charge in [-0.05, 0) is 12.8 Å². The molecule has 0 fully saturated rings. The number of hydrogen-bond donors (Lipinski definition) is 1. The Kier molecular flexibility index (Phi) is 7.20. The highest BCUT2D eigenvalue weighted by Gasteiger charge is 2.10. The van der Waals surface area contributed by atoms with Gasteiger partial charge in [0.1, 0.15) is 0 Å². The van der Waals surface area contributed by atoms with E-state index < -0.39 is 0 Å². The van der Waals surface area contributed by atoms with Crippen LogP contribution in [0.25, 0.3) is 0 Å². The second-order valence-electron chi connectivity index (χ2n) is 3.07. The summed E-state index contributed by atoms with van der Waals surface area (Å²) in [4.78, 5) is 23.7. The van der Waals surface area contributed by atoms with Gasteiger partial charge in [-0.3, -0.25) is 9.59 Å². The van der Waals surface area contributed by atoms with E-state index in [4.69, 9.17) is 11.6 Å². The van der Waals surface area contributed by atoms with Crippen molar-refractivity contribution in [3.05, 3.63) is 0 Å². The maximum absolute atomic E-state index is 11.4. The lowest BCUT2D eigenvalue weighted by molar-refractivity contribution is -0.134. The van der Waals surface area contributed by atoms with E-state index in [0.717, 1.165) is 12.8 Å². The van der Waals surface area contributed by atoms with Crippen LogP contribution >= 0.6 is 11.6 Å². The van der Waals surface area contributed by atoms with Crippen LogP contribution in [0.5, 0.6) is 0 Å². The molecule has 0 aromatic heterocycles. The Morgan fingerprint density at radius 2 is 2.00 bits per heavy atom. The SMILES string of the molecule is CNC(=O)CN(C)C(=O)CCCCCl. The van der Waals surface area contributed by atoms with Crippen molar-refractivity contribution in [3.63, 3.8) is 0 Å². The molecular weight excluding hydrogens is 204 g/mol. The molecule has 0 spiro atoms. The Labute approximate surface area is 89.6 Å². The lowest BCUT2D eigenvalue weighted by Gasteiger charge is -2.15. The van der Waals surface area contributed by atoms with Gasteiger partial charge in [-0.2, -0.15) is 0 Å². The average Bonchev–Trinajstić information content (AvgIpc) is 2.17. The van der Waals surface area contributed by atoms with Crippen LogP contribution in [0.15, 0.2) is 0 Å². The van der Waals surface area contributed by atoms with E-state index in [-0.39, 0.29) is 18.4 Å². The Morgan fingerprint density at radius 3 is 2.50 bits per heavy atom. The number of rotatable bonds is 6. The first kappa shape index (κ1) is 13.2. The molecule has 1 N–H and O–H groups in total. The first-order valence-corrected chi connectivity index (χ1v) is 5.15. The van der Waals surface area contributed by atoms with Crippen molar-refractivity contribution in [3.8, 4) is 0 Å². The fraction of sp³-hybridized carbons (Fsp3) is 0.778. The van der Waals surface area contributed by atoms with E-state index in [1.807, 2.05) is 0 Å². The van der Waals surface area contributed by atoms with E-state index in [9.17, 15) is 9.59 Å². The van der Waals surface area contributed by atoms with Gasteiger partial charge in [0.25, 0.3) is 0 Å². The largest absolute Gasteiger partial charge is 0.358 e. The van der Waals surface area contributed by atoms with Crippen LogP contribution in [-0.2, 0) is 9.59 Å². The van der Waals surface area contributed by atoms with Crippen LogP contribution < -0.4 is 5.32 Å². The Hall–Kier alpha value is -0.770. The predicted octanol–water partition coefficient (Wildman–Crippen LogP) is 0.600. The van der Waals surface area contributed by atoms with Crippen LogP contribution in [0.4, 0.5) is 0 Å². The van der Waals surface area contributed by atoms with Gasteiger partial charge in [-0.1, -0.05) is 0 Å². The molecule has 0 unspecified atom stereocenters.